The number of hydrogen-bond acceptors (Lipinski definition) is 3. The monoisotopic (exact) mass is 328 g/mol. The number of carboxylic acid groups (broad SMARTS) is 1. The fraction of sp³-hybridized carbons (Fsp3) is 0. The lowest BCUT2D eigenvalue weighted by Crippen LogP contribution is -2.14. The van der Waals surface area contributed by atoms with Gasteiger partial charge in [0.1, 0.15) is 17.3 Å². The van der Waals surface area contributed by atoms with E-state index in [4.69, 9.17) is 5.11 Å². The van der Waals surface area contributed by atoms with E-state index in [0.717, 1.165) is 12.1 Å². The molecule has 1 heterocycles. The third kappa shape index (κ3) is 2.91. The summed E-state index contributed by atoms with van der Waals surface area (Å²) in [6, 6.07) is 8.59. The fourth-order valence-electron chi connectivity index (χ4n) is 2.27. The predicted molar refractivity (Wildman–Crippen MR) is 83.0 cm³/mol. The molecule has 3 rings (SSSR count). The average molecular weight is 328 g/mol. The molecule has 0 saturated carbocycles. The molecule has 0 aliphatic heterocycles. The number of aromatic nitrogens is 1. The second-order valence-corrected chi connectivity index (χ2v) is 4.98. The topological polar surface area (TPSA) is 79.3 Å². The molecule has 2 N–H and O–H groups in total. The van der Waals surface area contributed by atoms with Crippen molar-refractivity contribution in [3.8, 4) is 0 Å². The van der Waals surface area contributed by atoms with Crippen LogP contribution < -0.4 is 5.32 Å². The third-order valence-electron chi connectivity index (χ3n) is 3.40. The Morgan fingerprint density at radius 2 is 1.71 bits per heavy atom. The third-order valence-corrected chi connectivity index (χ3v) is 3.40. The Labute approximate surface area is 134 Å². The molecule has 1 amide bonds. The Morgan fingerprint density at radius 3 is 2.38 bits per heavy atom. The van der Waals surface area contributed by atoms with Crippen LogP contribution in [0.4, 0.5) is 14.5 Å². The molecule has 0 aliphatic carbocycles. The second kappa shape index (κ2) is 6.04. The summed E-state index contributed by atoms with van der Waals surface area (Å²) in [5.74, 6) is -3.34. The van der Waals surface area contributed by atoms with Gasteiger partial charge in [0.25, 0.3) is 5.91 Å². The van der Waals surface area contributed by atoms with Gasteiger partial charge in [-0.2, -0.15) is 0 Å². The van der Waals surface area contributed by atoms with E-state index in [0.29, 0.717) is 5.69 Å². The number of nitrogens with zero attached hydrogens (tertiary/aromatic N) is 1. The maximum Gasteiger partial charge on any atom is 0.335 e. The number of hydrogen-bond donors (Lipinski definition) is 2. The Hall–Kier alpha value is -3.35. The number of rotatable bonds is 3. The van der Waals surface area contributed by atoms with Crippen molar-refractivity contribution in [1.29, 1.82) is 0 Å². The summed E-state index contributed by atoms with van der Waals surface area (Å²) in [7, 11) is 0. The van der Waals surface area contributed by atoms with E-state index in [2.05, 4.69) is 10.3 Å². The molecular formula is C17H10F2N2O3. The van der Waals surface area contributed by atoms with Crippen molar-refractivity contribution in [3.05, 3.63) is 71.6 Å². The van der Waals surface area contributed by atoms with Crippen molar-refractivity contribution in [2.45, 2.75) is 0 Å². The van der Waals surface area contributed by atoms with Gasteiger partial charge < -0.3 is 10.4 Å². The summed E-state index contributed by atoms with van der Waals surface area (Å²) >= 11 is 0. The van der Waals surface area contributed by atoms with Gasteiger partial charge in [0.15, 0.2) is 0 Å². The molecule has 1 aromatic heterocycles. The van der Waals surface area contributed by atoms with Crippen molar-refractivity contribution in [3.63, 3.8) is 0 Å². The first kappa shape index (κ1) is 15.5. The van der Waals surface area contributed by atoms with Crippen LogP contribution in [0.2, 0.25) is 0 Å². The SMILES string of the molecule is O=C(O)c1ccc(NC(=O)c2nccc3c(F)cc(F)cc23)cc1. The summed E-state index contributed by atoms with van der Waals surface area (Å²) < 4.78 is 27.2. The molecule has 0 saturated heterocycles. The molecule has 3 aromatic rings. The molecule has 0 atom stereocenters. The van der Waals surface area contributed by atoms with Gasteiger partial charge in [-0.1, -0.05) is 0 Å². The summed E-state index contributed by atoms with van der Waals surface area (Å²) in [4.78, 5) is 27.0. The summed E-state index contributed by atoms with van der Waals surface area (Å²) in [6.07, 6.45) is 1.26. The normalized spacial score (nSPS) is 10.6. The van der Waals surface area contributed by atoms with Gasteiger partial charge >= 0.3 is 5.97 Å². The second-order valence-electron chi connectivity index (χ2n) is 4.98. The van der Waals surface area contributed by atoms with Gasteiger partial charge in [-0.15, -0.1) is 0 Å². The van der Waals surface area contributed by atoms with Crippen molar-refractivity contribution in [2.75, 3.05) is 5.32 Å². The van der Waals surface area contributed by atoms with E-state index < -0.39 is 23.5 Å². The molecule has 5 nitrogen and oxygen atoms in total. The highest BCUT2D eigenvalue weighted by Gasteiger charge is 2.15. The molecule has 0 bridgehead atoms. The highest BCUT2D eigenvalue weighted by molar-refractivity contribution is 6.11. The number of aromatic carboxylic acids is 1. The molecule has 0 spiro atoms. The molecule has 0 fully saturated rings. The van der Waals surface area contributed by atoms with E-state index in [-0.39, 0.29) is 22.0 Å². The maximum absolute atomic E-state index is 13.8. The Morgan fingerprint density at radius 1 is 1.00 bits per heavy atom. The Kier molecular flexibility index (Phi) is 3.91. The van der Waals surface area contributed by atoms with Crippen LogP contribution in [0, 0.1) is 11.6 Å². The number of pyridine rings is 1. The van der Waals surface area contributed by atoms with Gasteiger partial charge in [-0.3, -0.25) is 9.78 Å². The number of nitrogens with one attached hydrogen (secondary N) is 1. The first-order valence-electron chi connectivity index (χ1n) is 6.84. The van der Waals surface area contributed by atoms with Gasteiger partial charge in [0, 0.05) is 28.7 Å². The number of amides is 1. The maximum atomic E-state index is 13.8. The molecule has 7 heteroatoms. The van der Waals surface area contributed by atoms with E-state index >= 15 is 0 Å². The molecule has 0 radical (unpaired) electrons. The number of halogens is 2. The minimum absolute atomic E-state index is 0.0506. The average Bonchev–Trinajstić information content (AvgIpc) is 2.54. The zero-order chi connectivity index (χ0) is 17.3. The molecule has 120 valence electrons. The number of carbonyl (C=O) groups is 2. The number of anilines is 1. The highest BCUT2D eigenvalue weighted by atomic mass is 19.1. The van der Waals surface area contributed by atoms with E-state index in [9.17, 15) is 18.4 Å². The fourth-order valence-corrected chi connectivity index (χ4v) is 2.27. The Bertz CT molecular complexity index is 956. The smallest absolute Gasteiger partial charge is 0.335 e. The number of fused-ring (bicyclic) bond motifs is 1. The number of carbonyl (C=O) groups excluding carboxylic acids is 1. The van der Waals surface area contributed by atoms with Crippen molar-refractivity contribution < 1.29 is 23.5 Å². The van der Waals surface area contributed by atoms with Crippen LogP contribution in [0.25, 0.3) is 10.8 Å². The molecular weight excluding hydrogens is 318 g/mol. The lowest BCUT2D eigenvalue weighted by Gasteiger charge is -2.08. The van der Waals surface area contributed by atoms with Crippen LogP contribution >= 0.6 is 0 Å². The van der Waals surface area contributed by atoms with Crippen LogP contribution in [0.3, 0.4) is 0 Å². The van der Waals surface area contributed by atoms with E-state index in [1.54, 1.807) is 0 Å². The van der Waals surface area contributed by atoms with Gasteiger partial charge in [0.2, 0.25) is 0 Å². The van der Waals surface area contributed by atoms with E-state index in [1.807, 2.05) is 0 Å². The highest BCUT2D eigenvalue weighted by Crippen LogP contribution is 2.22. The zero-order valence-electron chi connectivity index (χ0n) is 12.1. The minimum Gasteiger partial charge on any atom is -0.478 e. The predicted octanol–water partition coefficient (Wildman–Crippen LogP) is 3.46. The van der Waals surface area contributed by atoms with Crippen LogP contribution in [-0.4, -0.2) is 22.0 Å². The van der Waals surface area contributed by atoms with Crippen molar-refractivity contribution in [1.82, 2.24) is 4.98 Å². The largest absolute Gasteiger partial charge is 0.478 e. The van der Waals surface area contributed by atoms with Crippen molar-refractivity contribution in [2.24, 2.45) is 0 Å². The first-order chi connectivity index (χ1) is 11.5. The van der Waals surface area contributed by atoms with E-state index in [1.165, 1.54) is 36.5 Å². The van der Waals surface area contributed by atoms with Gasteiger partial charge in [-0.05, 0) is 36.4 Å². The van der Waals surface area contributed by atoms with Crippen molar-refractivity contribution >= 4 is 28.3 Å². The van der Waals surface area contributed by atoms with Crippen LogP contribution in [-0.2, 0) is 0 Å². The molecule has 0 aliphatic rings. The molecule has 24 heavy (non-hydrogen) atoms. The van der Waals surface area contributed by atoms with Gasteiger partial charge in [0.05, 0.1) is 5.56 Å². The van der Waals surface area contributed by atoms with Crippen LogP contribution in [0.15, 0.2) is 48.7 Å². The summed E-state index contributed by atoms with van der Waals surface area (Å²) in [6.45, 7) is 0. The number of benzene rings is 2. The summed E-state index contributed by atoms with van der Waals surface area (Å²) in [5.41, 5.74) is 0.273. The lowest BCUT2D eigenvalue weighted by atomic mass is 10.1. The standard InChI is InChI=1S/C17H10F2N2O3/c18-10-7-13-12(14(19)8-10)5-6-20-15(13)16(22)21-11-3-1-9(2-4-11)17(23)24/h1-8H,(H,21,22)(H,23,24). The summed E-state index contributed by atoms with van der Waals surface area (Å²) in [5, 5.41) is 11.5. The van der Waals surface area contributed by atoms with Crippen LogP contribution in [0.1, 0.15) is 20.8 Å². The van der Waals surface area contributed by atoms with Gasteiger partial charge in [-0.25, -0.2) is 13.6 Å². The Balaban J connectivity index is 1.95. The lowest BCUT2D eigenvalue weighted by molar-refractivity contribution is 0.0696. The quantitative estimate of drug-likeness (QED) is 0.771. The minimum atomic E-state index is -1.09. The first-order valence-corrected chi connectivity index (χ1v) is 6.84. The molecule has 2 aromatic carbocycles. The molecule has 0 unspecified atom stereocenters. The zero-order valence-corrected chi connectivity index (χ0v) is 12.1. The number of carboxylic acids is 1. The van der Waals surface area contributed by atoms with Crippen LogP contribution in [0.5, 0.6) is 0 Å².